The summed E-state index contributed by atoms with van der Waals surface area (Å²) in [6.45, 7) is 0.844. The van der Waals surface area contributed by atoms with Crippen LogP contribution < -0.4 is 0 Å². The molecule has 1 fully saturated rings. The molecule has 1 saturated heterocycles. The van der Waals surface area contributed by atoms with E-state index in [0.29, 0.717) is 0 Å². The monoisotopic (exact) mass is 240 g/mol. The van der Waals surface area contributed by atoms with E-state index in [9.17, 15) is 9.13 Å². The summed E-state index contributed by atoms with van der Waals surface area (Å²) in [4.78, 5) is 8.75. The Morgan fingerprint density at radius 1 is 1.55 bits per heavy atom. The van der Waals surface area contributed by atoms with E-state index < -0.39 is 19.0 Å². The average Bonchev–Trinajstić information content (AvgIpc) is 1.55. The van der Waals surface area contributed by atoms with Crippen LogP contribution in [0.4, 0.5) is 0 Å². The van der Waals surface area contributed by atoms with Gasteiger partial charge in [-0.15, -0.1) is 0 Å². The molecule has 0 saturated carbocycles. The molecule has 0 aliphatic carbocycles. The minimum atomic E-state index is -3.95. The lowest BCUT2D eigenvalue weighted by Crippen LogP contribution is -2.30. The SMILES string of the molecule is CP(=O)(O)P1(=O)OC(Cl)(Cl)O1. The van der Waals surface area contributed by atoms with Gasteiger partial charge in [0.25, 0.3) is 0 Å². The van der Waals surface area contributed by atoms with Crippen molar-refractivity contribution in [2.45, 2.75) is 4.71 Å². The highest BCUT2D eigenvalue weighted by Crippen LogP contribution is 2.87. The highest BCUT2D eigenvalue weighted by atomic mass is 35.5. The van der Waals surface area contributed by atoms with E-state index in [2.05, 4.69) is 9.05 Å². The van der Waals surface area contributed by atoms with Crippen LogP contribution >= 0.6 is 37.5 Å². The fourth-order valence-electron chi connectivity index (χ4n) is 0.427. The molecule has 1 N–H and O–H groups in total. The molecule has 0 radical (unpaired) electrons. The van der Waals surface area contributed by atoms with Gasteiger partial charge in [0.2, 0.25) is 0 Å². The Kier molecular flexibility index (Phi) is 2.23. The molecule has 66 valence electrons. The maximum Gasteiger partial charge on any atom is 0.420 e. The first-order chi connectivity index (χ1) is 4.66. The molecule has 0 aromatic rings. The van der Waals surface area contributed by atoms with Crippen LogP contribution in [0.25, 0.3) is 0 Å². The topological polar surface area (TPSA) is 72.8 Å². The van der Waals surface area contributed by atoms with Gasteiger partial charge in [-0.3, -0.25) is 4.57 Å². The van der Waals surface area contributed by atoms with Gasteiger partial charge in [0.15, 0.2) is 0 Å². The third-order valence-electron chi connectivity index (χ3n) is 0.898. The molecule has 0 spiro atoms. The Labute approximate surface area is 72.5 Å². The zero-order valence-electron chi connectivity index (χ0n) is 5.23. The molecule has 1 rings (SSSR count). The van der Waals surface area contributed by atoms with Crippen LogP contribution in [0.2, 0.25) is 0 Å². The molecule has 1 aliphatic heterocycles. The van der Waals surface area contributed by atoms with Gasteiger partial charge in [0.05, 0.1) is 0 Å². The molecule has 0 aromatic carbocycles. The maximum absolute atomic E-state index is 11.0. The van der Waals surface area contributed by atoms with Crippen molar-refractivity contribution in [1.82, 2.24) is 0 Å². The Hall–Kier alpha value is 0.920. The van der Waals surface area contributed by atoms with Gasteiger partial charge in [0, 0.05) is 6.66 Å². The van der Waals surface area contributed by atoms with E-state index in [1.165, 1.54) is 0 Å². The minimum Gasteiger partial charge on any atom is -0.336 e. The fraction of sp³-hybridized carbons (Fsp3) is 1.00. The molecule has 0 bridgehead atoms. The Morgan fingerprint density at radius 2 is 1.91 bits per heavy atom. The summed E-state index contributed by atoms with van der Waals surface area (Å²) in [5, 5.41) is 0. The van der Waals surface area contributed by atoms with E-state index in [0.717, 1.165) is 6.66 Å². The highest BCUT2D eigenvalue weighted by Gasteiger charge is 2.62. The first-order valence-electron chi connectivity index (χ1n) is 2.36. The van der Waals surface area contributed by atoms with Crippen LogP contribution in [-0.2, 0) is 18.2 Å². The van der Waals surface area contributed by atoms with Crippen molar-refractivity contribution in [3.05, 3.63) is 0 Å². The zero-order valence-corrected chi connectivity index (χ0v) is 8.53. The summed E-state index contributed by atoms with van der Waals surface area (Å²) < 4.78 is 28.1. The first-order valence-corrected chi connectivity index (χ1v) is 7.47. The van der Waals surface area contributed by atoms with Crippen LogP contribution in [-0.4, -0.2) is 16.3 Å². The van der Waals surface area contributed by atoms with Gasteiger partial charge in [-0.25, -0.2) is 13.6 Å². The van der Waals surface area contributed by atoms with Gasteiger partial charge in [-0.05, 0) is 23.2 Å². The molecular weight excluding hydrogens is 237 g/mol. The van der Waals surface area contributed by atoms with E-state index in [-0.39, 0.29) is 0 Å². The maximum atomic E-state index is 11.0. The Balaban J connectivity index is 2.81. The Morgan fingerprint density at radius 3 is 2.00 bits per heavy atom. The number of hydrogen-bond acceptors (Lipinski definition) is 4. The van der Waals surface area contributed by atoms with Crippen LogP contribution in [0.5, 0.6) is 0 Å². The van der Waals surface area contributed by atoms with Crippen molar-refractivity contribution in [3.8, 4) is 0 Å². The van der Waals surface area contributed by atoms with Crippen LogP contribution in [0.1, 0.15) is 0 Å². The first kappa shape index (κ1) is 10.0. The van der Waals surface area contributed by atoms with Crippen molar-refractivity contribution in [1.29, 1.82) is 0 Å². The van der Waals surface area contributed by atoms with Gasteiger partial charge in [-0.1, -0.05) is 0 Å². The van der Waals surface area contributed by atoms with Gasteiger partial charge in [0.1, 0.15) is 0 Å². The second-order valence-electron chi connectivity index (χ2n) is 1.95. The second kappa shape index (κ2) is 2.46. The summed E-state index contributed by atoms with van der Waals surface area (Å²) in [6.07, 6.45) is 0. The normalized spacial score (nSPS) is 32.0. The quantitative estimate of drug-likeness (QED) is 0.562. The lowest BCUT2D eigenvalue weighted by atomic mass is 11.5. The lowest BCUT2D eigenvalue weighted by Gasteiger charge is -2.37. The van der Waals surface area contributed by atoms with Gasteiger partial charge in [-0.2, -0.15) is 0 Å². The fourth-order valence-corrected chi connectivity index (χ4v) is 4.55. The second-order valence-corrected chi connectivity index (χ2v) is 9.81. The highest BCUT2D eigenvalue weighted by molar-refractivity contribution is 8.29. The van der Waals surface area contributed by atoms with Gasteiger partial charge < -0.3 is 4.89 Å². The van der Waals surface area contributed by atoms with E-state index in [1.54, 1.807) is 0 Å². The predicted octanol–water partition coefficient (Wildman–Crippen LogP) is 2.13. The number of alkyl halides is 2. The zero-order chi connectivity index (χ0) is 8.91. The van der Waals surface area contributed by atoms with E-state index >= 15 is 0 Å². The Bertz CT molecular complexity index is 256. The largest absolute Gasteiger partial charge is 0.420 e. The summed E-state index contributed by atoms with van der Waals surface area (Å²) >= 11 is 10.2. The van der Waals surface area contributed by atoms with Crippen molar-refractivity contribution >= 4 is 37.5 Å². The molecule has 0 amide bonds. The standard InChI is InChI=1S/C2H4Cl2O5P2/c1-10(5,6)11(7)8-2(3,4)9-11/h1H3,(H,5,6). The van der Waals surface area contributed by atoms with Crippen molar-refractivity contribution in [3.63, 3.8) is 0 Å². The number of rotatable bonds is 1. The smallest absolute Gasteiger partial charge is 0.336 e. The molecule has 1 atom stereocenters. The van der Waals surface area contributed by atoms with E-state index in [1.807, 2.05) is 0 Å². The molecule has 1 unspecified atom stereocenters. The van der Waals surface area contributed by atoms with Crippen molar-refractivity contribution in [2.24, 2.45) is 0 Å². The predicted molar refractivity (Wildman–Crippen MR) is 40.0 cm³/mol. The van der Waals surface area contributed by atoms with Crippen LogP contribution in [0.3, 0.4) is 0 Å². The molecule has 1 heterocycles. The average molecular weight is 241 g/mol. The number of halogens is 2. The van der Waals surface area contributed by atoms with Crippen molar-refractivity contribution < 1.29 is 23.1 Å². The third kappa shape index (κ3) is 1.81. The molecular formula is C2H4Cl2O5P2. The summed E-state index contributed by atoms with van der Waals surface area (Å²) in [5.41, 5.74) is 0. The number of hydrogen-bond donors (Lipinski definition) is 1. The molecule has 5 nitrogen and oxygen atoms in total. The van der Waals surface area contributed by atoms with E-state index in [4.69, 9.17) is 28.1 Å². The summed E-state index contributed by atoms with van der Waals surface area (Å²) in [6, 6.07) is 0. The minimum absolute atomic E-state index is 0.844. The van der Waals surface area contributed by atoms with Gasteiger partial charge >= 0.3 is 19.0 Å². The van der Waals surface area contributed by atoms with Crippen LogP contribution in [0, 0.1) is 0 Å². The molecule has 9 heteroatoms. The summed E-state index contributed by atoms with van der Waals surface area (Å²) in [7, 11) is -7.87. The van der Waals surface area contributed by atoms with Crippen molar-refractivity contribution in [2.75, 3.05) is 6.66 Å². The molecule has 11 heavy (non-hydrogen) atoms. The summed E-state index contributed by atoms with van der Waals surface area (Å²) in [5.74, 6) is 0. The third-order valence-corrected chi connectivity index (χ3v) is 6.74. The molecule has 1 aliphatic rings. The van der Waals surface area contributed by atoms with Crippen LogP contribution in [0.15, 0.2) is 0 Å². The molecule has 0 aromatic heterocycles. The lowest BCUT2D eigenvalue weighted by molar-refractivity contribution is -0.0573.